The first-order valence-electron chi connectivity index (χ1n) is 6.54. The Kier molecular flexibility index (Phi) is 5.14. The van der Waals surface area contributed by atoms with Crippen molar-refractivity contribution in [3.05, 3.63) is 0 Å². The van der Waals surface area contributed by atoms with Crippen molar-refractivity contribution in [1.29, 1.82) is 0 Å². The predicted octanol–water partition coefficient (Wildman–Crippen LogP) is 0.945. The molecule has 2 N–H and O–H groups in total. The third kappa shape index (κ3) is 4.64. The van der Waals surface area contributed by atoms with Gasteiger partial charge in [-0.3, -0.25) is 9.59 Å². The molecule has 1 aliphatic heterocycles. The first-order valence-corrected chi connectivity index (χ1v) is 6.54. The summed E-state index contributed by atoms with van der Waals surface area (Å²) in [7, 11) is 0. The molecule has 1 aliphatic rings. The van der Waals surface area contributed by atoms with Gasteiger partial charge in [0.1, 0.15) is 6.54 Å². The Balaban J connectivity index is 2.46. The molecule has 1 rings (SSSR count). The van der Waals surface area contributed by atoms with E-state index in [0.717, 1.165) is 13.1 Å². The lowest BCUT2D eigenvalue weighted by molar-refractivity contribution is -0.140. The highest BCUT2D eigenvalue weighted by Crippen LogP contribution is 2.22. The van der Waals surface area contributed by atoms with Gasteiger partial charge in [0.25, 0.3) is 0 Å². The van der Waals surface area contributed by atoms with E-state index in [2.05, 4.69) is 17.1 Å². The number of likely N-dealkylation sites (tertiary alicyclic amines) is 1. The Labute approximate surface area is 109 Å². The van der Waals surface area contributed by atoms with E-state index in [4.69, 9.17) is 5.11 Å². The number of carbonyl (C=O) groups excluding carboxylic acids is 1. The number of carboxylic acid groups (broad SMARTS) is 1. The number of rotatable bonds is 5. The fourth-order valence-corrected chi connectivity index (χ4v) is 2.46. The van der Waals surface area contributed by atoms with Gasteiger partial charge in [-0.05, 0) is 39.2 Å². The zero-order valence-corrected chi connectivity index (χ0v) is 11.5. The summed E-state index contributed by atoms with van der Waals surface area (Å²) in [5.74, 6) is -0.523. The molecule has 0 saturated carbocycles. The van der Waals surface area contributed by atoms with Crippen molar-refractivity contribution < 1.29 is 14.7 Å². The molecule has 104 valence electrons. The molecule has 0 bridgehead atoms. The van der Waals surface area contributed by atoms with E-state index in [1.54, 1.807) is 0 Å². The summed E-state index contributed by atoms with van der Waals surface area (Å²) in [6.45, 7) is 8.38. The summed E-state index contributed by atoms with van der Waals surface area (Å²) < 4.78 is 0. The van der Waals surface area contributed by atoms with E-state index in [-0.39, 0.29) is 12.5 Å². The highest BCUT2D eigenvalue weighted by molar-refractivity contribution is 5.85. The number of nitrogens with one attached hydrogen (secondary N) is 1. The second-order valence-electron chi connectivity index (χ2n) is 5.94. The summed E-state index contributed by atoms with van der Waals surface area (Å²) >= 11 is 0. The van der Waals surface area contributed by atoms with Gasteiger partial charge in [0, 0.05) is 13.1 Å². The van der Waals surface area contributed by atoms with E-state index in [1.165, 1.54) is 12.8 Å². The van der Waals surface area contributed by atoms with Crippen LogP contribution in [-0.2, 0) is 9.59 Å². The van der Waals surface area contributed by atoms with E-state index in [1.807, 2.05) is 13.8 Å². The van der Waals surface area contributed by atoms with Crippen LogP contribution in [0.25, 0.3) is 0 Å². The quantitative estimate of drug-likeness (QED) is 0.768. The molecule has 0 aromatic rings. The molecule has 18 heavy (non-hydrogen) atoms. The van der Waals surface area contributed by atoms with Crippen LogP contribution in [0.3, 0.4) is 0 Å². The van der Waals surface area contributed by atoms with Crippen LogP contribution in [0.5, 0.6) is 0 Å². The molecule has 1 amide bonds. The Morgan fingerprint density at radius 2 is 2.11 bits per heavy atom. The second-order valence-corrected chi connectivity index (χ2v) is 5.94. The summed E-state index contributed by atoms with van der Waals surface area (Å²) in [5, 5.41) is 11.0. The SMILES string of the molecule is CC1CCCN(CC(C)(C)C(=O)NCC(=O)O)C1. The molecule has 0 aliphatic carbocycles. The van der Waals surface area contributed by atoms with Gasteiger partial charge in [-0.15, -0.1) is 0 Å². The van der Waals surface area contributed by atoms with Gasteiger partial charge in [-0.2, -0.15) is 0 Å². The summed E-state index contributed by atoms with van der Waals surface area (Å²) in [5.41, 5.74) is -0.549. The predicted molar refractivity (Wildman–Crippen MR) is 69.3 cm³/mol. The number of amides is 1. The topological polar surface area (TPSA) is 69.6 Å². The van der Waals surface area contributed by atoms with Crippen molar-refractivity contribution in [2.75, 3.05) is 26.2 Å². The molecule has 0 aromatic carbocycles. The molecule has 1 atom stereocenters. The Hall–Kier alpha value is -1.10. The van der Waals surface area contributed by atoms with Crippen LogP contribution < -0.4 is 5.32 Å². The van der Waals surface area contributed by atoms with Gasteiger partial charge >= 0.3 is 5.97 Å². The van der Waals surface area contributed by atoms with Crippen LogP contribution in [0.1, 0.15) is 33.6 Å². The van der Waals surface area contributed by atoms with Crippen LogP contribution in [0.2, 0.25) is 0 Å². The Bertz CT molecular complexity index is 315. The van der Waals surface area contributed by atoms with Crippen LogP contribution in [-0.4, -0.2) is 48.1 Å². The lowest BCUT2D eigenvalue weighted by Gasteiger charge is -2.36. The van der Waals surface area contributed by atoms with Crippen molar-refractivity contribution in [2.45, 2.75) is 33.6 Å². The van der Waals surface area contributed by atoms with Crippen LogP contribution in [0, 0.1) is 11.3 Å². The summed E-state index contributed by atoms with van der Waals surface area (Å²) in [4.78, 5) is 24.7. The molecular weight excluding hydrogens is 232 g/mol. The van der Waals surface area contributed by atoms with Gasteiger partial charge < -0.3 is 15.3 Å². The lowest BCUT2D eigenvalue weighted by Crippen LogP contribution is -2.48. The Morgan fingerprint density at radius 1 is 1.44 bits per heavy atom. The maximum atomic E-state index is 11.9. The fraction of sp³-hybridized carbons (Fsp3) is 0.846. The third-order valence-electron chi connectivity index (χ3n) is 3.37. The highest BCUT2D eigenvalue weighted by atomic mass is 16.4. The standard InChI is InChI=1S/C13H24N2O3/c1-10-5-4-6-15(8-10)9-13(2,3)12(18)14-7-11(16)17/h10H,4-9H2,1-3H3,(H,14,18)(H,16,17). The number of carbonyl (C=O) groups is 2. The van der Waals surface area contributed by atoms with Crippen molar-refractivity contribution >= 4 is 11.9 Å². The number of hydrogen-bond donors (Lipinski definition) is 2. The molecule has 0 spiro atoms. The average molecular weight is 256 g/mol. The first-order chi connectivity index (χ1) is 8.31. The van der Waals surface area contributed by atoms with E-state index < -0.39 is 11.4 Å². The summed E-state index contributed by atoms with van der Waals surface area (Å²) in [6, 6.07) is 0. The van der Waals surface area contributed by atoms with Crippen molar-refractivity contribution in [2.24, 2.45) is 11.3 Å². The van der Waals surface area contributed by atoms with Gasteiger partial charge in [0.15, 0.2) is 0 Å². The number of nitrogens with zero attached hydrogens (tertiary/aromatic N) is 1. The van der Waals surface area contributed by atoms with Gasteiger partial charge in [0.05, 0.1) is 5.41 Å². The largest absolute Gasteiger partial charge is 0.480 e. The van der Waals surface area contributed by atoms with E-state index in [9.17, 15) is 9.59 Å². The van der Waals surface area contributed by atoms with E-state index >= 15 is 0 Å². The van der Waals surface area contributed by atoms with Crippen molar-refractivity contribution in [3.8, 4) is 0 Å². The van der Waals surface area contributed by atoms with E-state index in [0.29, 0.717) is 12.5 Å². The van der Waals surface area contributed by atoms with Crippen LogP contribution in [0.15, 0.2) is 0 Å². The fourth-order valence-electron chi connectivity index (χ4n) is 2.46. The maximum Gasteiger partial charge on any atom is 0.322 e. The maximum absolute atomic E-state index is 11.9. The molecule has 5 nitrogen and oxygen atoms in total. The van der Waals surface area contributed by atoms with Gasteiger partial charge in [-0.1, -0.05) is 6.92 Å². The number of hydrogen-bond acceptors (Lipinski definition) is 3. The van der Waals surface area contributed by atoms with Crippen LogP contribution in [0.4, 0.5) is 0 Å². The van der Waals surface area contributed by atoms with Gasteiger partial charge in [-0.25, -0.2) is 0 Å². The molecule has 1 unspecified atom stereocenters. The molecule has 0 aromatic heterocycles. The minimum atomic E-state index is -1.01. The van der Waals surface area contributed by atoms with Gasteiger partial charge in [0.2, 0.25) is 5.91 Å². The van der Waals surface area contributed by atoms with Crippen molar-refractivity contribution in [3.63, 3.8) is 0 Å². The Morgan fingerprint density at radius 3 is 2.67 bits per heavy atom. The zero-order valence-electron chi connectivity index (χ0n) is 11.5. The molecule has 5 heteroatoms. The molecule has 1 saturated heterocycles. The molecule has 1 fully saturated rings. The zero-order chi connectivity index (χ0) is 13.8. The number of aliphatic carboxylic acids is 1. The minimum Gasteiger partial charge on any atom is -0.480 e. The summed E-state index contributed by atoms with van der Waals surface area (Å²) in [6.07, 6.45) is 2.43. The molecule has 1 heterocycles. The average Bonchev–Trinajstić information content (AvgIpc) is 2.25. The number of carboxylic acids is 1. The molecule has 0 radical (unpaired) electrons. The normalized spacial score (nSPS) is 21.6. The lowest BCUT2D eigenvalue weighted by atomic mass is 9.89. The van der Waals surface area contributed by atoms with Crippen molar-refractivity contribution in [1.82, 2.24) is 10.2 Å². The smallest absolute Gasteiger partial charge is 0.322 e. The minimum absolute atomic E-state index is 0.192. The molecular formula is C13H24N2O3. The second kappa shape index (κ2) is 6.18. The third-order valence-corrected chi connectivity index (χ3v) is 3.37. The monoisotopic (exact) mass is 256 g/mol. The first kappa shape index (κ1) is 15.0. The number of piperidine rings is 1. The van der Waals surface area contributed by atoms with Crippen LogP contribution >= 0.6 is 0 Å². The highest BCUT2D eigenvalue weighted by Gasteiger charge is 2.31.